The Morgan fingerprint density at radius 3 is 2.45 bits per heavy atom. The fourth-order valence-electron chi connectivity index (χ4n) is 2.81. The van der Waals surface area contributed by atoms with Crippen molar-refractivity contribution in [3.05, 3.63) is 59.5 Å². The second kappa shape index (κ2) is 8.77. The molecule has 3 aromatic rings. The smallest absolute Gasteiger partial charge is 0.263 e. The molecule has 29 heavy (non-hydrogen) atoms. The molecule has 0 radical (unpaired) electrons. The topological polar surface area (TPSA) is 77.7 Å². The van der Waals surface area contributed by atoms with Crippen LogP contribution < -0.4 is 9.47 Å². The first kappa shape index (κ1) is 20.4. The Kier molecular flexibility index (Phi) is 6.16. The number of methoxy groups -OCH3 is 1. The Hall–Kier alpha value is -3.35. The van der Waals surface area contributed by atoms with Crippen LogP contribution in [-0.4, -0.2) is 41.2 Å². The molecule has 0 unspecified atom stereocenters. The minimum absolute atomic E-state index is 0.174. The first-order valence-corrected chi connectivity index (χ1v) is 9.33. The molecule has 2 aromatic carbocycles. The monoisotopic (exact) mass is 395 g/mol. The molecule has 0 aliphatic carbocycles. The summed E-state index contributed by atoms with van der Waals surface area (Å²) < 4.78 is 16.2. The van der Waals surface area contributed by atoms with E-state index in [0.29, 0.717) is 17.5 Å². The van der Waals surface area contributed by atoms with Gasteiger partial charge in [-0.25, -0.2) is 0 Å². The standard InChI is InChI=1S/C22H25N3O4/c1-14-6-9-19(12-15(14)2)28-16(3)22(26)25(4)13-20-23-21(24-29-20)17-7-10-18(27-5)11-8-17/h6-12,16H,13H2,1-5H3/t16-/m0/s1. The third-order valence-corrected chi connectivity index (χ3v) is 4.70. The number of hydrogen-bond donors (Lipinski definition) is 0. The van der Waals surface area contributed by atoms with E-state index in [-0.39, 0.29) is 12.5 Å². The predicted molar refractivity (Wildman–Crippen MR) is 109 cm³/mol. The Bertz CT molecular complexity index is 982. The Balaban J connectivity index is 1.61. The highest BCUT2D eigenvalue weighted by molar-refractivity contribution is 5.80. The second-order valence-corrected chi connectivity index (χ2v) is 6.94. The molecule has 3 rings (SSSR count). The minimum atomic E-state index is -0.633. The first-order valence-electron chi connectivity index (χ1n) is 9.33. The van der Waals surface area contributed by atoms with E-state index in [4.69, 9.17) is 14.0 Å². The van der Waals surface area contributed by atoms with Gasteiger partial charge in [-0.2, -0.15) is 4.98 Å². The van der Waals surface area contributed by atoms with Gasteiger partial charge in [0.2, 0.25) is 11.7 Å². The van der Waals surface area contributed by atoms with Gasteiger partial charge in [0.25, 0.3) is 5.91 Å². The van der Waals surface area contributed by atoms with Crippen molar-refractivity contribution in [2.45, 2.75) is 33.4 Å². The van der Waals surface area contributed by atoms with Gasteiger partial charge >= 0.3 is 0 Å². The fraction of sp³-hybridized carbons (Fsp3) is 0.318. The molecular weight excluding hydrogens is 370 g/mol. The molecule has 1 amide bonds. The van der Waals surface area contributed by atoms with Crippen LogP contribution in [0.2, 0.25) is 0 Å². The van der Waals surface area contributed by atoms with Gasteiger partial charge in [0.05, 0.1) is 13.7 Å². The van der Waals surface area contributed by atoms with Crippen LogP contribution in [0.3, 0.4) is 0 Å². The predicted octanol–water partition coefficient (Wildman–Crippen LogP) is 3.79. The number of carbonyl (C=O) groups is 1. The van der Waals surface area contributed by atoms with E-state index >= 15 is 0 Å². The highest BCUT2D eigenvalue weighted by Crippen LogP contribution is 2.21. The summed E-state index contributed by atoms with van der Waals surface area (Å²) in [5.74, 6) is 2.06. The van der Waals surface area contributed by atoms with Crippen LogP contribution in [0.1, 0.15) is 23.9 Å². The zero-order valence-electron chi connectivity index (χ0n) is 17.3. The minimum Gasteiger partial charge on any atom is -0.497 e. The summed E-state index contributed by atoms with van der Waals surface area (Å²) in [6.45, 7) is 5.97. The fourth-order valence-corrected chi connectivity index (χ4v) is 2.81. The lowest BCUT2D eigenvalue weighted by molar-refractivity contribution is -0.137. The van der Waals surface area contributed by atoms with E-state index in [0.717, 1.165) is 16.9 Å². The van der Waals surface area contributed by atoms with Crippen molar-refractivity contribution in [1.29, 1.82) is 0 Å². The van der Waals surface area contributed by atoms with Crippen molar-refractivity contribution in [2.24, 2.45) is 0 Å². The van der Waals surface area contributed by atoms with Crippen LogP contribution in [0, 0.1) is 13.8 Å². The zero-order valence-corrected chi connectivity index (χ0v) is 17.3. The van der Waals surface area contributed by atoms with Gasteiger partial charge in [-0.15, -0.1) is 0 Å². The van der Waals surface area contributed by atoms with Crippen LogP contribution in [-0.2, 0) is 11.3 Å². The molecule has 7 nitrogen and oxygen atoms in total. The number of aromatic nitrogens is 2. The van der Waals surface area contributed by atoms with Gasteiger partial charge in [0, 0.05) is 12.6 Å². The van der Waals surface area contributed by atoms with E-state index in [2.05, 4.69) is 10.1 Å². The van der Waals surface area contributed by atoms with Gasteiger partial charge in [-0.1, -0.05) is 11.2 Å². The van der Waals surface area contributed by atoms with Crippen molar-refractivity contribution < 1.29 is 18.8 Å². The summed E-state index contributed by atoms with van der Waals surface area (Å²) in [6, 6.07) is 13.1. The van der Waals surface area contributed by atoms with Crippen LogP contribution >= 0.6 is 0 Å². The van der Waals surface area contributed by atoms with E-state index in [9.17, 15) is 4.79 Å². The van der Waals surface area contributed by atoms with Crippen molar-refractivity contribution >= 4 is 5.91 Å². The van der Waals surface area contributed by atoms with Crippen LogP contribution in [0.15, 0.2) is 47.0 Å². The number of hydrogen-bond acceptors (Lipinski definition) is 6. The number of aryl methyl sites for hydroxylation is 2. The molecule has 0 aliphatic rings. The van der Waals surface area contributed by atoms with Gasteiger partial charge in [0.1, 0.15) is 11.5 Å². The number of carbonyl (C=O) groups excluding carboxylic acids is 1. The number of ether oxygens (including phenoxy) is 2. The maximum atomic E-state index is 12.6. The molecule has 0 saturated carbocycles. The van der Waals surface area contributed by atoms with E-state index in [1.54, 1.807) is 21.1 Å². The molecule has 0 N–H and O–H groups in total. The Morgan fingerprint density at radius 1 is 1.10 bits per heavy atom. The molecule has 0 fully saturated rings. The zero-order chi connectivity index (χ0) is 21.0. The SMILES string of the molecule is COc1ccc(-c2noc(CN(C)C(=O)[C@H](C)Oc3ccc(C)c(C)c3)n2)cc1. The van der Waals surface area contributed by atoms with E-state index in [1.165, 1.54) is 10.5 Å². The molecule has 1 aromatic heterocycles. The quantitative estimate of drug-likeness (QED) is 0.606. The van der Waals surface area contributed by atoms with E-state index in [1.807, 2.05) is 56.3 Å². The second-order valence-electron chi connectivity index (χ2n) is 6.94. The summed E-state index contributed by atoms with van der Waals surface area (Å²) in [5.41, 5.74) is 3.10. The lowest BCUT2D eigenvalue weighted by atomic mass is 10.1. The largest absolute Gasteiger partial charge is 0.497 e. The molecular formula is C22H25N3O4. The normalized spacial score (nSPS) is 11.8. The molecule has 152 valence electrons. The molecule has 0 bridgehead atoms. The number of nitrogens with zero attached hydrogens (tertiary/aromatic N) is 3. The summed E-state index contributed by atoms with van der Waals surface area (Å²) in [7, 11) is 3.29. The van der Waals surface area contributed by atoms with Crippen molar-refractivity contribution in [3.8, 4) is 22.9 Å². The third kappa shape index (κ3) is 4.93. The van der Waals surface area contributed by atoms with Gasteiger partial charge in [-0.3, -0.25) is 4.79 Å². The molecule has 0 spiro atoms. The lowest BCUT2D eigenvalue weighted by Crippen LogP contribution is -2.37. The number of amides is 1. The number of benzene rings is 2. The summed E-state index contributed by atoms with van der Waals surface area (Å²) in [6.07, 6.45) is -0.633. The maximum absolute atomic E-state index is 12.6. The van der Waals surface area contributed by atoms with E-state index < -0.39 is 6.10 Å². The Morgan fingerprint density at radius 2 is 1.79 bits per heavy atom. The highest BCUT2D eigenvalue weighted by Gasteiger charge is 2.21. The number of rotatable bonds is 7. The van der Waals surface area contributed by atoms with Crippen LogP contribution in [0.4, 0.5) is 0 Å². The molecule has 1 heterocycles. The van der Waals surface area contributed by atoms with Gasteiger partial charge in [0.15, 0.2) is 6.10 Å². The maximum Gasteiger partial charge on any atom is 0.263 e. The molecule has 7 heteroatoms. The molecule has 1 atom stereocenters. The average Bonchev–Trinajstić information content (AvgIpc) is 3.18. The average molecular weight is 395 g/mol. The van der Waals surface area contributed by atoms with Gasteiger partial charge < -0.3 is 18.9 Å². The first-order chi connectivity index (χ1) is 13.9. The molecule has 0 aliphatic heterocycles. The summed E-state index contributed by atoms with van der Waals surface area (Å²) in [5, 5.41) is 3.99. The third-order valence-electron chi connectivity index (χ3n) is 4.70. The Labute approximate surface area is 170 Å². The number of likely N-dealkylation sites (N-methyl/N-ethyl adjacent to an activating group) is 1. The van der Waals surface area contributed by atoms with Crippen molar-refractivity contribution in [1.82, 2.24) is 15.0 Å². The van der Waals surface area contributed by atoms with Crippen LogP contribution in [0.25, 0.3) is 11.4 Å². The van der Waals surface area contributed by atoms with Crippen molar-refractivity contribution in [2.75, 3.05) is 14.2 Å². The summed E-state index contributed by atoms with van der Waals surface area (Å²) in [4.78, 5) is 18.5. The highest BCUT2D eigenvalue weighted by atomic mass is 16.5. The van der Waals surface area contributed by atoms with Crippen molar-refractivity contribution in [3.63, 3.8) is 0 Å². The van der Waals surface area contributed by atoms with Crippen LogP contribution in [0.5, 0.6) is 11.5 Å². The van der Waals surface area contributed by atoms with Gasteiger partial charge in [-0.05, 0) is 68.3 Å². The lowest BCUT2D eigenvalue weighted by Gasteiger charge is -2.21. The molecule has 0 saturated heterocycles. The summed E-state index contributed by atoms with van der Waals surface area (Å²) >= 11 is 0.